The van der Waals surface area contributed by atoms with Crippen molar-refractivity contribution >= 4 is 34.0 Å². The Morgan fingerprint density at radius 3 is 2.43 bits per heavy atom. The SMILES string of the molecule is CC(=O)Oc1ccccc1C1O[C@@H](CC(=O)O)C[C@@H](/C=C/c2c(-c3ccc(F)cc3)nc(N(C)S(C)(=O)=O)nc2C(C)C)O1. The fourth-order valence-electron chi connectivity index (χ4n) is 4.66. The smallest absolute Gasteiger partial charge is 0.308 e. The van der Waals surface area contributed by atoms with Crippen LogP contribution in [0.1, 0.15) is 62.6 Å². The maximum absolute atomic E-state index is 13.8. The molecule has 4 rings (SSSR count). The molecule has 1 fully saturated rings. The average Bonchev–Trinajstić information content (AvgIpc) is 2.94. The number of carboxylic acid groups (broad SMARTS) is 1. The first-order valence-electron chi connectivity index (χ1n) is 13.8. The number of esters is 1. The number of hydrogen-bond donors (Lipinski definition) is 1. The van der Waals surface area contributed by atoms with E-state index in [0.717, 1.165) is 10.6 Å². The highest BCUT2D eigenvalue weighted by Crippen LogP contribution is 2.37. The van der Waals surface area contributed by atoms with E-state index in [1.165, 1.54) is 26.1 Å². The van der Waals surface area contributed by atoms with Gasteiger partial charge in [0.05, 0.1) is 41.8 Å². The molecule has 0 saturated carbocycles. The van der Waals surface area contributed by atoms with Gasteiger partial charge in [-0.25, -0.2) is 27.1 Å². The second kappa shape index (κ2) is 13.6. The second-order valence-corrected chi connectivity index (χ2v) is 12.7. The van der Waals surface area contributed by atoms with E-state index in [0.29, 0.717) is 28.1 Å². The van der Waals surface area contributed by atoms with Crippen molar-refractivity contribution in [3.05, 3.63) is 77.2 Å². The number of aliphatic carboxylic acids is 1. The minimum absolute atomic E-state index is 0.0429. The Hall–Kier alpha value is -4.20. The van der Waals surface area contributed by atoms with Crippen LogP contribution in [0.5, 0.6) is 5.75 Å². The molecule has 0 amide bonds. The first-order chi connectivity index (χ1) is 20.7. The molecule has 3 aromatic rings. The lowest BCUT2D eigenvalue weighted by atomic mass is 9.97. The normalized spacial score (nSPS) is 18.8. The number of aromatic nitrogens is 2. The van der Waals surface area contributed by atoms with Gasteiger partial charge in [-0.3, -0.25) is 9.59 Å². The zero-order valence-corrected chi connectivity index (χ0v) is 25.7. The van der Waals surface area contributed by atoms with Gasteiger partial charge in [-0.15, -0.1) is 0 Å². The minimum Gasteiger partial charge on any atom is -0.481 e. The number of sulfonamides is 1. The highest BCUT2D eigenvalue weighted by molar-refractivity contribution is 7.92. The number of carboxylic acids is 1. The molecular formula is C31H34FN3O8S. The molecule has 1 saturated heterocycles. The third kappa shape index (κ3) is 8.04. The summed E-state index contributed by atoms with van der Waals surface area (Å²) in [6.07, 6.45) is 2.01. The van der Waals surface area contributed by atoms with Gasteiger partial charge in [0.1, 0.15) is 11.6 Å². The summed E-state index contributed by atoms with van der Waals surface area (Å²) in [5.74, 6) is -2.03. The van der Waals surface area contributed by atoms with E-state index in [-0.39, 0.29) is 30.5 Å². The highest BCUT2D eigenvalue weighted by Gasteiger charge is 2.33. The largest absolute Gasteiger partial charge is 0.481 e. The van der Waals surface area contributed by atoms with Gasteiger partial charge in [0.25, 0.3) is 0 Å². The van der Waals surface area contributed by atoms with Gasteiger partial charge >= 0.3 is 11.9 Å². The molecule has 0 aliphatic carbocycles. The first kappa shape index (κ1) is 32.7. The molecule has 13 heteroatoms. The van der Waals surface area contributed by atoms with Crippen LogP contribution in [0.2, 0.25) is 0 Å². The number of ether oxygens (including phenoxy) is 3. The predicted octanol–water partition coefficient (Wildman–Crippen LogP) is 5.09. The first-order valence-corrected chi connectivity index (χ1v) is 15.7. The maximum Gasteiger partial charge on any atom is 0.308 e. The van der Waals surface area contributed by atoms with E-state index in [4.69, 9.17) is 14.2 Å². The summed E-state index contributed by atoms with van der Waals surface area (Å²) < 4.78 is 57.0. The Kier molecular flexibility index (Phi) is 10.1. The molecule has 0 radical (unpaired) electrons. The van der Waals surface area contributed by atoms with Crippen LogP contribution in [0.15, 0.2) is 54.6 Å². The molecule has 0 spiro atoms. The topological polar surface area (TPSA) is 145 Å². The Balaban J connectivity index is 1.80. The van der Waals surface area contributed by atoms with Gasteiger partial charge in [-0.1, -0.05) is 44.2 Å². The summed E-state index contributed by atoms with van der Waals surface area (Å²) in [6, 6.07) is 12.3. The van der Waals surface area contributed by atoms with Crippen molar-refractivity contribution in [1.29, 1.82) is 0 Å². The molecule has 3 atom stereocenters. The minimum atomic E-state index is -3.69. The number of carbonyl (C=O) groups excluding carboxylic acids is 1. The van der Waals surface area contributed by atoms with Crippen molar-refractivity contribution in [3.63, 3.8) is 0 Å². The third-order valence-electron chi connectivity index (χ3n) is 6.82. The zero-order chi connectivity index (χ0) is 32.2. The van der Waals surface area contributed by atoms with Crippen molar-refractivity contribution in [3.8, 4) is 17.0 Å². The zero-order valence-electron chi connectivity index (χ0n) is 24.9. The van der Waals surface area contributed by atoms with Crippen LogP contribution in [0.25, 0.3) is 17.3 Å². The molecule has 11 nitrogen and oxygen atoms in total. The predicted molar refractivity (Wildman–Crippen MR) is 161 cm³/mol. The number of halogens is 1. The van der Waals surface area contributed by atoms with Gasteiger partial charge in [0.2, 0.25) is 16.0 Å². The molecule has 1 aromatic heterocycles. The average molecular weight is 628 g/mol. The summed E-state index contributed by atoms with van der Waals surface area (Å²) >= 11 is 0. The quantitative estimate of drug-likeness (QED) is 0.238. The Morgan fingerprint density at radius 2 is 1.82 bits per heavy atom. The number of rotatable bonds is 10. The Bertz CT molecular complexity index is 1660. The van der Waals surface area contributed by atoms with Crippen molar-refractivity contribution < 1.29 is 41.7 Å². The number of carbonyl (C=O) groups is 2. The molecule has 1 aliphatic rings. The van der Waals surface area contributed by atoms with Gasteiger partial charge in [-0.2, -0.15) is 0 Å². The highest BCUT2D eigenvalue weighted by atomic mass is 32.2. The van der Waals surface area contributed by atoms with Gasteiger partial charge in [0, 0.05) is 31.5 Å². The molecule has 2 heterocycles. The standard InChI is InChI=1S/C31H34FN3O8S/c1-18(2)28-25(29(20-10-12-21(32)13-11-20)34-31(33-28)35(4)44(5,39)40)15-14-22-16-23(17-27(37)38)43-30(42-22)24-8-6-7-9-26(24)41-19(3)36/h6-15,18,22-23,30H,16-17H2,1-5H3,(H,37,38)/b15-14+/t22-,23-,30?/m1/s1. The van der Waals surface area contributed by atoms with E-state index < -0.39 is 46.3 Å². The van der Waals surface area contributed by atoms with Gasteiger partial charge in [-0.05, 0) is 36.2 Å². The molecule has 1 aliphatic heterocycles. The van der Waals surface area contributed by atoms with E-state index >= 15 is 0 Å². The fourth-order valence-corrected chi connectivity index (χ4v) is 5.03. The van der Waals surface area contributed by atoms with Gasteiger partial charge < -0.3 is 19.3 Å². The van der Waals surface area contributed by atoms with Crippen LogP contribution in [0, 0.1) is 5.82 Å². The van der Waals surface area contributed by atoms with E-state index in [1.807, 2.05) is 13.8 Å². The Morgan fingerprint density at radius 1 is 1.14 bits per heavy atom. The summed E-state index contributed by atoms with van der Waals surface area (Å²) in [4.78, 5) is 32.5. The van der Waals surface area contributed by atoms with Crippen molar-refractivity contribution in [2.45, 2.75) is 58.0 Å². The molecule has 0 bridgehead atoms. The number of hydrogen-bond acceptors (Lipinski definition) is 9. The van der Waals surface area contributed by atoms with Gasteiger partial charge in [0.15, 0.2) is 6.29 Å². The van der Waals surface area contributed by atoms with E-state index in [1.54, 1.807) is 48.6 Å². The van der Waals surface area contributed by atoms with E-state index in [2.05, 4.69) is 9.97 Å². The molecule has 2 aromatic carbocycles. The van der Waals surface area contributed by atoms with Crippen molar-refractivity contribution in [1.82, 2.24) is 9.97 Å². The van der Waals surface area contributed by atoms with Crippen LogP contribution in [-0.4, -0.2) is 60.9 Å². The molecule has 44 heavy (non-hydrogen) atoms. The molecular weight excluding hydrogens is 593 g/mol. The molecule has 1 unspecified atom stereocenters. The molecule has 1 N–H and O–H groups in total. The number of benzene rings is 2. The van der Waals surface area contributed by atoms with Crippen molar-refractivity contribution in [2.24, 2.45) is 0 Å². The summed E-state index contributed by atoms with van der Waals surface area (Å²) in [5, 5.41) is 9.50. The lowest BCUT2D eigenvalue weighted by Gasteiger charge is -2.34. The maximum atomic E-state index is 13.8. The third-order valence-corrected chi connectivity index (χ3v) is 7.98. The van der Waals surface area contributed by atoms with Crippen LogP contribution in [0.3, 0.4) is 0 Å². The summed E-state index contributed by atoms with van der Waals surface area (Å²) in [5.41, 5.74) is 2.41. The fraction of sp³-hybridized carbons (Fsp3) is 0.355. The van der Waals surface area contributed by atoms with Crippen molar-refractivity contribution in [2.75, 3.05) is 17.6 Å². The van der Waals surface area contributed by atoms with E-state index in [9.17, 15) is 27.5 Å². The number of anilines is 1. The van der Waals surface area contributed by atoms with Crippen LogP contribution >= 0.6 is 0 Å². The molecule has 234 valence electrons. The van der Waals surface area contributed by atoms with Crippen LogP contribution in [0.4, 0.5) is 10.3 Å². The van der Waals surface area contributed by atoms with Crippen LogP contribution < -0.4 is 9.04 Å². The Labute approximate surface area is 255 Å². The number of para-hydroxylation sites is 1. The summed E-state index contributed by atoms with van der Waals surface area (Å²) in [7, 11) is -2.34. The lowest BCUT2D eigenvalue weighted by Crippen LogP contribution is -2.34. The monoisotopic (exact) mass is 627 g/mol. The van der Waals surface area contributed by atoms with Crippen LogP contribution in [-0.2, 0) is 29.1 Å². The lowest BCUT2D eigenvalue weighted by molar-refractivity contribution is -0.238. The number of nitrogens with zero attached hydrogens (tertiary/aromatic N) is 3. The second-order valence-electron chi connectivity index (χ2n) is 10.7. The summed E-state index contributed by atoms with van der Waals surface area (Å²) in [6.45, 7) is 5.06.